The number of fused-ring (bicyclic) bond motifs is 1. The number of aromatic nitrogens is 2. The van der Waals surface area contributed by atoms with Gasteiger partial charge in [-0.25, -0.2) is 0 Å². The Bertz CT molecular complexity index is 1540. The van der Waals surface area contributed by atoms with E-state index in [-0.39, 0.29) is 11.8 Å². The number of rotatable bonds is 5. The summed E-state index contributed by atoms with van der Waals surface area (Å²) < 4.78 is 5.43. The maximum Gasteiger partial charge on any atom is 0.255 e. The molecule has 0 saturated carbocycles. The average molecular weight is 492 g/mol. The summed E-state index contributed by atoms with van der Waals surface area (Å²) in [6, 6.07) is 20.1. The lowest BCUT2D eigenvalue weighted by molar-refractivity contribution is 0.0675. The van der Waals surface area contributed by atoms with Gasteiger partial charge in [-0.1, -0.05) is 18.2 Å². The van der Waals surface area contributed by atoms with Gasteiger partial charge in [-0.2, -0.15) is 5.26 Å². The van der Waals surface area contributed by atoms with E-state index in [9.17, 15) is 14.9 Å². The van der Waals surface area contributed by atoms with Gasteiger partial charge >= 0.3 is 0 Å². The highest BCUT2D eigenvalue weighted by molar-refractivity contribution is 6.07. The molecular weight excluding hydrogens is 466 g/mol. The second kappa shape index (κ2) is 10.2. The van der Waals surface area contributed by atoms with Crippen LogP contribution in [-0.2, 0) is 10.2 Å². The molecule has 1 aromatic heterocycles. The number of benzene rings is 3. The molecule has 0 unspecified atom stereocenters. The fraction of sp³-hybridized carbons (Fsp3) is 0.207. The third-order valence-electron chi connectivity index (χ3n) is 6.71. The van der Waals surface area contributed by atoms with Crippen molar-refractivity contribution in [2.24, 2.45) is 0 Å². The molecule has 2 amide bonds. The van der Waals surface area contributed by atoms with Crippen LogP contribution in [0.4, 0.5) is 11.4 Å². The van der Waals surface area contributed by atoms with Gasteiger partial charge in [-0.05, 0) is 73.4 Å². The second-order valence-corrected chi connectivity index (χ2v) is 9.08. The zero-order valence-electron chi connectivity index (χ0n) is 20.3. The lowest BCUT2D eigenvalue weighted by atomic mass is 9.75. The van der Waals surface area contributed by atoms with Crippen molar-refractivity contribution in [1.29, 1.82) is 5.26 Å². The Morgan fingerprint density at radius 1 is 0.892 bits per heavy atom. The first-order valence-corrected chi connectivity index (χ1v) is 12.0. The van der Waals surface area contributed by atoms with Gasteiger partial charge in [0.2, 0.25) is 0 Å². The molecule has 5 rings (SSSR count). The molecule has 8 heteroatoms. The predicted octanol–water partition coefficient (Wildman–Crippen LogP) is 5.01. The summed E-state index contributed by atoms with van der Waals surface area (Å²) in [5, 5.41) is 15.7. The topological polar surface area (TPSA) is 117 Å². The van der Waals surface area contributed by atoms with E-state index in [1.165, 1.54) is 0 Å². The zero-order valence-corrected chi connectivity index (χ0v) is 20.3. The molecule has 184 valence electrons. The summed E-state index contributed by atoms with van der Waals surface area (Å²) in [5.74, 6) is -0.582. The summed E-state index contributed by atoms with van der Waals surface area (Å²) >= 11 is 0. The van der Waals surface area contributed by atoms with Gasteiger partial charge in [-0.3, -0.25) is 19.6 Å². The number of nitrogens with zero attached hydrogens (tertiary/aromatic N) is 3. The maximum absolute atomic E-state index is 13.1. The van der Waals surface area contributed by atoms with Crippen LogP contribution in [0.25, 0.3) is 11.0 Å². The minimum atomic E-state index is -0.649. The van der Waals surface area contributed by atoms with Crippen molar-refractivity contribution in [3.05, 3.63) is 95.3 Å². The average Bonchev–Trinajstić information content (AvgIpc) is 2.95. The SMILES string of the molecule is Cc1ccc(NC(=O)c2cccc(C3(C#N)CCOCC3)c2)cc1NC(=O)c1ccc2nccnc2c1. The standard InChI is InChI=1S/C29H25N5O3/c1-19-5-7-23(17-25(19)34-28(36)21-6-8-24-26(16-21)32-12-11-31-24)33-27(35)20-3-2-4-22(15-20)29(18-30)9-13-37-14-10-29/h2-8,11-12,15-17H,9-10,13-14H2,1H3,(H,33,35)(H,34,36). The number of carbonyl (C=O) groups excluding carboxylic acids is 2. The van der Waals surface area contributed by atoms with Crippen LogP contribution in [0.2, 0.25) is 0 Å². The number of hydrogen-bond acceptors (Lipinski definition) is 6. The molecule has 37 heavy (non-hydrogen) atoms. The lowest BCUT2D eigenvalue weighted by Crippen LogP contribution is -2.32. The largest absolute Gasteiger partial charge is 0.381 e. The van der Waals surface area contributed by atoms with Crippen molar-refractivity contribution < 1.29 is 14.3 Å². The first kappa shape index (κ1) is 24.1. The fourth-order valence-electron chi connectivity index (χ4n) is 4.48. The van der Waals surface area contributed by atoms with E-state index < -0.39 is 5.41 Å². The van der Waals surface area contributed by atoms with Crippen LogP contribution in [0.15, 0.2) is 73.1 Å². The summed E-state index contributed by atoms with van der Waals surface area (Å²) in [6.07, 6.45) is 4.38. The number of hydrogen-bond donors (Lipinski definition) is 2. The molecular formula is C29H25N5O3. The van der Waals surface area contributed by atoms with Crippen LogP contribution in [-0.4, -0.2) is 35.0 Å². The quantitative estimate of drug-likeness (QED) is 0.405. The summed E-state index contributed by atoms with van der Waals surface area (Å²) in [7, 11) is 0. The van der Waals surface area contributed by atoms with Gasteiger partial charge in [0.15, 0.2) is 0 Å². The minimum Gasteiger partial charge on any atom is -0.381 e. The van der Waals surface area contributed by atoms with Gasteiger partial charge in [0, 0.05) is 48.1 Å². The van der Waals surface area contributed by atoms with Crippen LogP contribution >= 0.6 is 0 Å². The van der Waals surface area contributed by atoms with Gasteiger partial charge in [0.25, 0.3) is 11.8 Å². The van der Waals surface area contributed by atoms with E-state index in [1.54, 1.807) is 60.9 Å². The normalized spacial score (nSPS) is 14.5. The minimum absolute atomic E-state index is 0.287. The number of aryl methyl sites for hydroxylation is 1. The Morgan fingerprint density at radius 2 is 1.62 bits per heavy atom. The van der Waals surface area contributed by atoms with Crippen molar-refractivity contribution in [2.75, 3.05) is 23.8 Å². The maximum atomic E-state index is 13.1. The van der Waals surface area contributed by atoms with E-state index in [0.29, 0.717) is 59.6 Å². The van der Waals surface area contributed by atoms with Crippen LogP contribution < -0.4 is 10.6 Å². The first-order valence-electron chi connectivity index (χ1n) is 12.0. The second-order valence-electron chi connectivity index (χ2n) is 9.08. The van der Waals surface area contributed by atoms with Gasteiger partial charge in [-0.15, -0.1) is 0 Å². The van der Waals surface area contributed by atoms with Gasteiger partial charge < -0.3 is 15.4 Å². The third-order valence-corrected chi connectivity index (χ3v) is 6.71. The monoisotopic (exact) mass is 491 g/mol. The molecule has 3 aromatic carbocycles. The Hall–Kier alpha value is -4.61. The zero-order chi connectivity index (χ0) is 25.8. The number of carbonyl (C=O) groups is 2. The molecule has 8 nitrogen and oxygen atoms in total. The summed E-state index contributed by atoms with van der Waals surface area (Å²) in [4.78, 5) is 34.5. The van der Waals surface area contributed by atoms with Crippen molar-refractivity contribution >= 4 is 34.2 Å². The Morgan fingerprint density at radius 3 is 2.41 bits per heavy atom. The van der Waals surface area contributed by atoms with E-state index in [2.05, 4.69) is 26.7 Å². The summed E-state index contributed by atoms with van der Waals surface area (Å²) in [5.41, 5.74) is 4.41. The molecule has 0 radical (unpaired) electrons. The van der Waals surface area contributed by atoms with E-state index in [0.717, 1.165) is 11.1 Å². The predicted molar refractivity (Wildman–Crippen MR) is 140 cm³/mol. The molecule has 0 bridgehead atoms. The number of nitrogens with one attached hydrogen (secondary N) is 2. The Balaban J connectivity index is 1.33. The van der Waals surface area contributed by atoms with Crippen molar-refractivity contribution in [3.63, 3.8) is 0 Å². The molecule has 2 heterocycles. The van der Waals surface area contributed by atoms with E-state index >= 15 is 0 Å². The van der Waals surface area contributed by atoms with E-state index in [4.69, 9.17) is 4.74 Å². The molecule has 4 aromatic rings. The highest BCUT2D eigenvalue weighted by atomic mass is 16.5. The van der Waals surface area contributed by atoms with Crippen molar-refractivity contribution in [1.82, 2.24) is 9.97 Å². The lowest BCUT2D eigenvalue weighted by Gasteiger charge is -2.31. The number of anilines is 2. The van der Waals surface area contributed by atoms with Crippen molar-refractivity contribution in [2.45, 2.75) is 25.2 Å². The molecule has 1 saturated heterocycles. The number of ether oxygens (including phenoxy) is 1. The van der Waals surface area contributed by atoms with Crippen LogP contribution in [0, 0.1) is 18.3 Å². The number of amides is 2. The summed E-state index contributed by atoms with van der Waals surface area (Å²) in [6.45, 7) is 2.93. The molecule has 0 atom stereocenters. The molecule has 2 N–H and O–H groups in total. The molecule has 1 aliphatic rings. The van der Waals surface area contributed by atoms with E-state index in [1.807, 2.05) is 19.1 Å². The Labute approximate surface area is 214 Å². The fourth-order valence-corrected chi connectivity index (χ4v) is 4.48. The highest BCUT2D eigenvalue weighted by Crippen LogP contribution is 2.34. The Kier molecular flexibility index (Phi) is 6.62. The van der Waals surface area contributed by atoms with Gasteiger partial charge in [0.1, 0.15) is 0 Å². The van der Waals surface area contributed by atoms with Gasteiger partial charge in [0.05, 0.1) is 22.5 Å². The molecule has 0 aliphatic carbocycles. The third kappa shape index (κ3) is 5.03. The van der Waals surface area contributed by atoms with Crippen molar-refractivity contribution in [3.8, 4) is 6.07 Å². The molecule has 1 fully saturated rings. The molecule has 0 spiro atoms. The van der Waals surface area contributed by atoms with Crippen LogP contribution in [0.3, 0.4) is 0 Å². The smallest absolute Gasteiger partial charge is 0.255 e. The van der Waals surface area contributed by atoms with Crippen LogP contribution in [0.1, 0.15) is 44.7 Å². The molecule has 1 aliphatic heterocycles. The van der Waals surface area contributed by atoms with Crippen LogP contribution in [0.5, 0.6) is 0 Å². The highest BCUT2D eigenvalue weighted by Gasteiger charge is 2.35. The number of nitriles is 1. The first-order chi connectivity index (χ1) is 18.0.